The summed E-state index contributed by atoms with van der Waals surface area (Å²) in [6.45, 7) is 0.194. The van der Waals surface area contributed by atoms with Gasteiger partial charge in [0.05, 0.1) is 6.33 Å². The lowest BCUT2D eigenvalue weighted by Gasteiger charge is -2.06. The van der Waals surface area contributed by atoms with Crippen molar-refractivity contribution >= 4 is 27.6 Å². The van der Waals surface area contributed by atoms with E-state index in [1.807, 2.05) is 6.20 Å². The van der Waals surface area contributed by atoms with Gasteiger partial charge in [0.15, 0.2) is 17.0 Å². The molecule has 158 valence electrons. The molecule has 1 fully saturated rings. The molecule has 9 nitrogen and oxygen atoms in total. The average Bonchev–Trinajstić information content (AvgIpc) is 3.38. The molecule has 2 aliphatic rings. The molecule has 0 aliphatic heterocycles. The second-order valence-electron chi connectivity index (χ2n) is 8.69. The second-order valence-corrected chi connectivity index (χ2v) is 8.69. The largest absolute Gasteiger partial charge is 0.361 e. The van der Waals surface area contributed by atoms with Gasteiger partial charge in [0, 0.05) is 24.7 Å². The lowest BCUT2D eigenvalue weighted by Crippen LogP contribution is -2.22. The zero-order valence-electron chi connectivity index (χ0n) is 17.3. The Morgan fingerprint density at radius 2 is 2.12 bits per heavy atom. The van der Waals surface area contributed by atoms with Gasteiger partial charge in [-0.1, -0.05) is 17.3 Å². The number of benzene rings is 1. The minimum atomic E-state index is -0.176. The molecule has 0 unspecified atom stereocenters. The molecule has 4 aromatic heterocycles. The molecule has 7 rings (SSSR count). The van der Waals surface area contributed by atoms with Gasteiger partial charge in [-0.2, -0.15) is 4.98 Å². The van der Waals surface area contributed by atoms with Crippen LogP contribution in [0.4, 0.5) is 0 Å². The molecule has 0 bridgehead atoms. The van der Waals surface area contributed by atoms with Crippen molar-refractivity contribution in [3.05, 3.63) is 76.8 Å². The quantitative estimate of drug-likeness (QED) is 0.474. The number of H-pyrrole nitrogens is 1. The summed E-state index contributed by atoms with van der Waals surface area (Å²) in [5.74, 6) is 2.41. The van der Waals surface area contributed by atoms with Crippen molar-refractivity contribution in [1.82, 2.24) is 34.2 Å². The van der Waals surface area contributed by atoms with Crippen molar-refractivity contribution in [2.75, 3.05) is 0 Å². The molecule has 0 spiro atoms. The fourth-order valence-electron chi connectivity index (χ4n) is 5.07. The van der Waals surface area contributed by atoms with Gasteiger partial charge in [-0.05, 0) is 53.0 Å². The summed E-state index contributed by atoms with van der Waals surface area (Å²) in [7, 11) is 1.78. The predicted molar refractivity (Wildman–Crippen MR) is 117 cm³/mol. The van der Waals surface area contributed by atoms with Crippen LogP contribution in [0.15, 0.2) is 58.5 Å². The number of imidazole rings is 1. The van der Waals surface area contributed by atoms with Gasteiger partial charge in [0.2, 0.25) is 5.89 Å². The summed E-state index contributed by atoms with van der Waals surface area (Å²) in [5.41, 5.74) is 4.56. The number of fused-ring (bicyclic) bond motifs is 3. The molecule has 2 aliphatic carbocycles. The van der Waals surface area contributed by atoms with Crippen molar-refractivity contribution < 1.29 is 4.52 Å². The highest BCUT2D eigenvalue weighted by molar-refractivity contribution is 5.84. The zero-order valence-corrected chi connectivity index (χ0v) is 17.3. The third kappa shape index (κ3) is 2.54. The highest BCUT2D eigenvalue weighted by Crippen LogP contribution is 2.62. The van der Waals surface area contributed by atoms with E-state index in [1.165, 1.54) is 27.4 Å². The van der Waals surface area contributed by atoms with E-state index in [9.17, 15) is 4.79 Å². The Kier molecular flexibility index (Phi) is 3.45. The highest BCUT2D eigenvalue weighted by Gasteiger charge is 2.55. The van der Waals surface area contributed by atoms with E-state index >= 15 is 0 Å². The van der Waals surface area contributed by atoms with E-state index in [0.29, 0.717) is 34.8 Å². The van der Waals surface area contributed by atoms with Crippen LogP contribution in [-0.4, -0.2) is 34.2 Å². The van der Waals surface area contributed by atoms with E-state index in [1.54, 1.807) is 17.9 Å². The van der Waals surface area contributed by atoms with Crippen molar-refractivity contribution in [3.63, 3.8) is 0 Å². The van der Waals surface area contributed by atoms with E-state index in [2.05, 4.69) is 55.4 Å². The number of nitrogens with one attached hydrogen (secondary N) is 1. The van der Waals surface area contributed by atoms with Crippen molar-refractivity contribution in [3.8, 4) is 0 Å². The Labute approximate surface area is 181 Å². The van der Waals surface area contributed by atoms with Crippen molar-refractivity contribution in [2.45, 2.75) is 18.9 Å². The molecule has 0 saturated heterocycles. The first-order chi connectivity index (χ1) is 15.7. The van der Waals surface area contributed by atoms with Crippen LogP contribution in [0, 0.1) is 11.8 Å². The molecule has 9 heteroatoms. The van der Waals surface area contributed by atoms with Gasteiger partial charge in [-0.3, -0.25) is 9.36 Å². The molecule has 0 amide bonds. The monoisotopic (exact) mass is 425 g/mol. The Hall–Kier alpha value is -4.01. The molecular weight excluding hydrogens is 406 g/mol. The Morgan fingerprint density at radius 1 is 1.22 bits per heavy atom. The molecule has 1 saturated carbocycles. The molecule has 32 heavy (non-hydrogen) atoms. The van der Waals surface area contributed by atoms with Gasteiger partial charge < -0.3 is 14.1 Å². The molecule has 1 N–H and O–H groups in total. The van der Waals surface area contributed by atoms with Crippen LogP contribution in [0.2, 0.25) is 0 Å². The maximum Gasteiger partial charge on any atom is 0.280 e. The normalized spacial score (nSPS) is 21.9. The van der Waals surface area contributed by atoms with Gasteiger partial charge in [0.1, 0.15) is 12.9 Å². The van der Waals surface area contributed by atoms with Crippen LogP contribution in [0.5, 0.6) is 0 Å². The molecular formula is C23H19N7O2. The standard InChI is InChI=1S/C23H19N7O2/c1-29-10-25-22-20(29)23(31)30(11-26-22)9-18-27-21(28-32-18)19-15-7-14(8-16(15)19)12-2-3-17-13(6-12)4-5-24-17/h2-7,10-11,15-16,19,24H,8-9H2,1H3/t15-,16+,19+/m1/s1. The van der Waals surface area contributed by atoms with Gasteiger partial charge in [-0.25, -0.2) is 9.97 Å². The lowest BCUT2D eigenvalue weighted by molar-refractivity contribution is 0.364. The number of allylic oxidation sites excluding steroid dienone is 2. The van der Waals surface area contributed by atoms with Crippen LogP contribution in [0.3, 0.4) is 0 Å². The summed E-state index contributed by atoms with van der Waals surface area (Å²) in [6.07, 6.45) is 8.42. The summed E-state index contributed by atoms with van der Waals surface area (Å²) in [5, 5.41) is 5.45. The summed E-state index contributed by atoms with van der Waals surface area (Å²) >= 11 is 0. The maximum atomic E-state index is 12.7. The number of rotatable bonds is 4. The van der Waals surface area contributed by atoms with Gasteiger partial charge in [-0.15, -0.1) is 0 Å². The third-order valence-electron chi connectivity index (χ3n) is 6.79. The Balaban J connectivity index is 1.11. The fourth-order valence-corrected chi connectivity index (χ4v) is 5.07. The van der Waals surface area contributed by atoms with Crippen LogP contribution in [-0.2, 0) is 13.6 Å². The number of hydrogen-bond acceptors (Lipinski definition) is 6. The lowest BCUT2D eigenvalue weighted by atomic mass is 9.99. The van der Waals surface area contributed by atoms with Crippen LogP contribution in [0.25, 0.3) is 27.6 Å². The zero-order chi connectivity index (χ0) is 21.4. The molecule has 5 aromatic rings. The summed E-state index contributed by atoms with van der Waals surface area (Å²) in [6, 6.07) is 8.67. The number of nitrogens with zero attached hydrogens (tertiary/aromatic N) is 6. The molecule has 0 radical (unpaired) electrons. The summed E-state index contributed by atoms with van der Waals surface area (Å²) in [4.78, 5) is 28.9. The Morgan fingerprint density at radius 3 is 3.00 bits per heavy atom. The average molecular weight is 425 g/mol. The first kappa shape index (κ1) is 17.6. The van der Waals surface area contributed by atoms with Crippen LogP contribution >= 0.6 is 0 Å². The fraction of sp³-hybridized carbons (Fsp3) is 0.261. The molecule has 1 aromatic carbocycles. The first-order valence-electron chi connectivity index (χ1n) is 10.6. The van der Waals surface area contributed by atoms with Crippen molar-refractivity contribution in [2.24, 2.45) is 18.9 Å². The number of hydrogen-bond donors (Lipinski definition) is 1. The van der Waals surface area contributed by atoms with Crippen LogP contribution in [0.1, 0.15) is 29.6 Å². The SMILES string of the molecule is Cn1cnc2ncn(Cc3nc([C@H]4[C@@H]5C=C(c6ccc7[nH]ccc7c6)C[C@@H]54)no3)c(=O)c21. The smallest absolute Gasteiger partial charge is 0.280 e. The van der Waals surface area contributed by atoms with Crippen molar-refractivity contribution in [1.29, 1.82) is 0 Å². The van der Waals surface area contributed by atoms with Gasteiger partial charge >= 0.3 is 0 Å². The molecule has 3 atom stereocenters. The number of aromatic amines is 1. The minimum absolute atomic E-state index is 0.176. The Bertz CT molecular complexity index is 1600. The first-order valence-corrected chi connectivity index (χ1v) is 10.6. The predicted octanol–water partition coefficient (Wildman–Crippen LogP) is 2.86. The minimum Gasteiger partial charge on any atom is -0.361 e. The van der Waals surface area contributed by atoms with E-state index in [4.69, 9.17) is 4.52 Å². The number of aryl methyl sites for hydroxylation is 1. The van der Waals surface area contributed by atoms with Gasteiger partial charge in [0.25, 0.3) is 5.56 Å². The highest BCUT2D eigenvalue weighted by atomic mass is 16.5. The van der Waals surface area contributed by atoms with E-state index in [0.717, 1.165) is 17.8 Å². The maximum absolute atomic E-state index is 12.7. The number of aromatic nitrogens is 7. The third-order valence-corrected chi connectivity index (χ3v) is 6.79. The second kappa shape index (κ2) is 6.25. The summed E-state index contributed by atoms with van der Waals surface area (Å²) < 4.78 is 8.62. The van der Waals surface area contributed by atoms with E-state index in [-0.39, 0.29) is 12.1 Å². The van der Waals surface area contributed by atoms with Crippen LogP contribution < -0.4 is 5.56 Å². The molecule has 4 heterocycles. The van der Waals surface area contributed by atoms with E-state index < -0.39 is 0 Å². The topological polar surface area (TPSA) is 107 Å².